The van der Waals surface area contributed by atoms with Crippen molar-refractivity contribution in [3.8, 4) is 0 Å². The van der Waals surface area contributed by atoms with Gasteiger partial charge in [0.15, 0.2) is 11.5 Å². The van der Waals surface area contributed by atoms with E-state index in [1.807, 2.05) is 5.10 Å². The Morgan fingerprint density at radius 3 is 2.50 bits per heavy atom. The number of para-hydroxylation sites is 1. The van der Waals surface area contributed by atoms with E-state index in [-0.39, 0.29) is 28.1 Å². The first-order chi connectivity index (χ1) is 15.0. The van der Waals surface area contributed by atoms with E-state index in [1.54, 1.807) is 32.9 Å². The molecule has 0 unspecified atom stereocenters. The number of nitrogens with zero attached hydrogens (tertiary/aromatic N) is 3. The lowest BCUT2D eigenvalue weighted by molar-refractivity contribution is -0.141. The minimum atomic E-state index is -4.72. The third-order valence-electron chi connectivity index (χ3n) is 4.38. The maximum atomic E-state index is 13.4. The van der Waals surface area contributed by atoms with Crippen molar-refractivity contribution in [2.75, 3.05) is 4.90 Å². The molecule has 0 spiro atoms. The molecule has 0 aliphatic heterocycles. The number of amides is 2. The van der Waals surface area contributed by atoms with Gasteiger partial charge in [0, 0.05) is 18.3 Å². The number of halogens is 4. The summed E-state index contributed by atoms with van der Waals surface area (Å²) in [5.41, 5.74) is -0.941. The molecule has 0 bridgehead atoms. The third-order valence-corrected chi connectivity index (χ3v) is 4.68. The van der Waals surface area contributed by atoms with Crippen molar-refractivity contribution in [1.82, 2.24) is 20.5 Å². The number of H-pyrrole nitrogens is 1. The number of hydrogen-bond acceptors (Lipinski definition) is 4. The largest absolute Gasteiger partial charge is 0.432 e. The number of aryl methyl sites for hydroxylation is 1. The molecular weight excluding hydrogens is 447 g/mol. The van der Waals surface area contributed by atoms with Crippen LogP contribution >= 0.6 is 11.6 Å². The number of aromatic amines is 1. The van der Waals surface area contributed by atoms with Gasteiger partial charge in [-0.05, 0) is 44.5 Å². The molecule has 11 heteroatoms. The van der Waals surface area contributed by atoms with Crippen molar-refractivity contribution >= 4 is 34.9 Å². The molecule has 7 nitrogen and oxygen atoms in total. The molecule has 168 valence electrons. The Kier molecular flexibility index (Phi) is 6.54. The lowest BCUT2D eigenvalue weighted by Gasteiger charge is -2.26. The SMILES string of the molecule is Cc1cccc(C(=O)NC(C)C)c1N(C(=O)c1cc(C(F)(F)F)[nH]n1)c1ncccc1Cl. The average molecular weight is 466 g/mol. The summed E-state index contributed by atoms with van der Waals surface area (Å²) in [5.74, 6) is -1.46. The van der Waals surface area contributed by atoms with Gasteiger partial charge in [0.25, 0.3) is 11.8 Å². The summed E-state index contributed by atoms with van der Waals surface area (Å²) in [4.78, 5) is 31.4. The number of aromatic nitrogens is 3. The Morgan fingerprint density at radius 1 is 1.19 bits per heavy atom. The van der Waals surface area contributed by atoms with Crippen LogP contribution in [0.5, 0.6) is 0 Å². The van der Waals surface area contributed by atoms with E-state index in [9.17, 15) is 22.8 Å². The number of carbonyl (C=O) groups excluding carboxylic acids is 2. The van der Waals surface area contributed by atoms with Crippen LogP contribution < -0.4 is 10.2 Å². The van der Waals surface area contributed by atoms with Crippen LogP contribution in [0.15, 0.2) is 42.6 Å². The Hall–Kier alpha value is -3.40. The van der Waals surface area contributed by atoms with E-state index in [1.165, 1.54) is 24.4 Å². The smallest absolute Gasteiger partial charge is 0.350 e. The molecule has 0 fully saturated rings. The molecule has 3 aromatic rings. The first kappa shape index (κ1) is 23.3. The highest BCUT2D eigenvalue weighted by Crippen LogP contribution is 2.36. The summed E-state index contributed by atoms with van der Waals surface area (Å²) in [7, 11) is 0. The molecule has 2 heterocycles. The highest BCUT2D eigenvalue weighted by molar-refractivity contribution is 6.34. The third kappa shape index (κ3) is 4.75. The van der Waals surface area contributed by atoms with Gasteiger partial charge in [0.1, 0.15) is 5.69 Å². The number of hydrogen-bond donors (Lipinski definition) is 2. The number of pyridine rings is 1. The summed E-state index contributed by atoms with van der Waals surface area (Å²) < 4.78 is 39.1. The van der Waals surface area contributed by atoms with Gasteiger partial charge in [-0.25, -0.2) is 4.98 Å². The summed E-state index contributed by atoms with van der Waals surface area (Å²) in [6.45, 7) is 5.20. The van der Waals surface area contributed by atoms with Crippen molar-refractivity contribution in [2.24, 2.45) is 0 Å². The van der Waals surface area contributed by atoms with Gasteiger partial charge in [-0.15, -0.1) is 0 Å². The van der Waals surface area contributed by atoms with Gasteiger partial charge >= 0.3 is 6.18 Å². The van der Waals surface area contributed by atoms with Gasteiger partial charge in [-0.3, -0.25) is 19.6 Å². The Labute approximate surface area is 186 Å². The first-order valence-electron chi connectivity index (χ1n) is 9.48. The quantitative estimate of drug-likeness (QED) is 0.560. The minimum Gasteiger partial charge on any atom is -0.350 e. The van der Waals surface area contributed by atoms with Crippen molar-refractivity contribution in [3.05, 3.63) is 70.1 Å². The van der Waals surface area contributed by atoms with Crippen molar-refractivity contribution < 1.29 is 22.8 Å². The maximum Gasteiger partial charge on any atom is 0.432 e. The van der Waals surface area contributed by atoms with Gasteiger partial charge in [0.2, 0.25) is 0 Å². The Balaban J connectivity index is 2.22. The van der Waals surface area contributed by atoms with Gasteiger partial charge in [-0.2, -0.15) is 18.3 Å². The Bertz CT molecular complexity index is 1160. The molecule has 0 saturated carbocycles. The predicted octanol–water partition coefficient (Wildman–Crippen LogP) is 4.90. The molecule has 0 radical (unpaired) electrons. The zero-order chi connectivity index (χ0) is 23.6. The highest BCUT2D eigenvalue weighted by Gasteiger charge is 2.36. The molecule has 2 amide bonds. The van der Waals surface area contributed by atoms with Crippen molar-refractivity contribution in [2.45, 2.75) is 33.0 Å². The number of nitrogens with one attached hydrogen (secondary N) is 2. The van der Waals surface area contributed by atoms with Crippen LogP contribution in [0.25, 0.3) is 0 Å². The van der Waals surface area contributed by atoms with Crippen LogP contribution in [0, 0.1) is 6.92 Å². The first-order valence-corrected chi connectivity index (χ1v) is 9.86. The molecule has 2 N–H and O–H groups in total. The fourth-order valence-electron chi connectivity index (χ4n) is 3.02. The molecule has 2 aromatic heterocycles. The number of anilines is 2. The fraction of sp³-hybridized carbons (Fsp3) is 0.238. The molecule has 0 aliphatic rings. The second kappa shape index (κ2) is 8.99. The van der Waals surface area contributed by atoms with E-state index >= 15 is 0 Å². The molecule has 0 aliphatic carbocycles. The van der Waals surface area contributed by atoms with Gasteiger partial charge in [0.05, 0.1) is 16.3 Å². The molecule has 0 saturated heterocycles. The standard InChI is InChI=1S/C21H19ClF3N5O2/c1-11(2)27-19(31)13-7-4-6-12(3)17(13)30(18-14(22)8-5-9-26-18)20(32)15-10-16(29-28-15)21(23,24)25/h4-11H,1-3H3,(H,27,31)(H,28,29). The summed E-state index contributed by atoms with van der Waals surface area (Å²) in [6.07, 6.45) is -3.34. The van der Waals surface area contributed by atoms with Crippen molar-refractivity contribution in [3.63, 3.8) is 0 Å². The number of alkyl halides is 3. The van der Waals surface area contributed by atoms with Gasteiger partial charge in [-0.1, -0.05) is 23.7 Å². The second-order valence-corrected chi connectivity index (χ2v) is 7.62. The van der Waals surface area contributed by atoms with E-state index in [0.717, 1.165) is 4.90 Å². The van der Waals surface area contributed by atoms with E-state index in [2.05, 4.69) is 15.4 Å². The molecule has 32 heavy (non-hydrogen) atoms. The molecule has 1 aromatic carbocycles. The summed E-state index contributed by atoms with van der Waals surface area (Å²) >= 11 is 6.28. The lowest BCUT2D eigenvalue weighted by Crippen LogP contribution is -2.34. The lowest BCUT2D eigenvalue weighted by atomic mass is 10.0. The van der Waals surface area contributed by atoms with Crippen LogP contribution in [0.3, 0.4) is 0 Å². The zero-order valence-electron chi connectivity index (χ0n) is 17.3. The number of rotatable bonds is 5. The van der Waals surface area contributed by atoms with Crippen LogP contribution in [-0.2, 0) is 6.18 Å². The topological polar surface area (TPSA) is 91.0 Å². The van der Waals surface area contributed by atoms with E-state index in [4.69, 9.17) is 11.6 Å². The normalized spacial score (nSPS) is 11.5. The zero-order valence-corrected chi connectivity index (χ0v) is 18.0. The second-order valence-electron chi connectivity index (χ2n) is 7.21. The molecular formula is C21H19ClF3N5O2. The maximum absolute atomic E-state index is 13.4. The van der Waals surface area contributed by atoms with E-state index in [0.29, 0.717) is 11.6 Å². The monoisotopic (exact) mass is 465 g/mol. The van der Waals surface area contributed by atoms with Crippen LogP contribution in [0.2, 0.25) is 5.02 Å². The summed E-state index contributed by atoms with van der Waals surface area (Å²) in [6, 6.07) is 8.20. The minimum absolute atomic E-state index is 0.0522. The average Bonchev–Trinajstić information content (AvgIpc) is 3.21. The van der Waals surface area contributed by atoms with Crippen LogP contribution in [0.4, 0.5) is 24.7 Å². The van der Waals surface area contributed by atoms with E-state index < -0.39 is 29.4 Å². The highest BCUT2D eigenvalue weighted by atomic mass is 35.5. The van der Waals surface area contributed by atoms with Crippen molar-refractivity contribution in [1.29, 1.82) is 0 Å². The predicted molar refractivity (Wildman–Crippen MR) is 113 cm³/mol. The number of benzene rings is 1. The van der Waals surface area contributed by atoms with Crippen LogP contribution in [-0.4, -0.2) is 33.0 Å². The van der Waals surface area contributed by atoms with Crippen LogP contribution in [0.1, 0.15) is 46.0 Å². The molecule has 0 atom stereocenters. The van der Waals surface area contributed by atoms with Gasteiger partial charge < -0.3 is 5.32 Å². The Morgan fingerprint density at radius 2 is 1.91 bits per heavy atom. The molecule has 3 rings (SSSR count). The fourth-order valence-corrected chi connectivity index (χ4v) is 3.22. The summed E-state index contributed by atoms with van der Waals surface area (Å²) in [5, 5.41) is 8.16. The number of carbonyl (C=O) groups is 2.